The molecule has 0 aliphatic heterocycles. The molecule has 9 rings (SSSR count). The number of benzene rings is 6. The van der Waals surface area contributed by atoms with E-state index in [-0.39, 0.29) is 21.7 Å². The first-order chi connectivity index (χ1) is 44.4. The fourth-order valence-electron chi connectivity index (χ4n) is 6.10. The van der Waals surface area contributed by atoms with E-state index in [0.29, 0.717) is 0 Å². The van der Waals surface area contributed by atoms with Gasteiger partial charge in [-0.25, -0.2) is 0 Å². The molecule has 6 aromatic carbocycles. The molecule has 0 atom stereocenters. The molecule has 0 saturated carbocycles. The summed E-state index contributed by atoms with van der Waals surface area (Å²) in [7, 11) is 0. The molecule has 3 aromatic heterocycles. The van der Waals surface area contributed by atoms with Crippen LogP contribution in [-0.2, 0) is 0 Å². The first kappa shape index (κ1) is 95.7. The summed E-state index contributed by atoms with van der Waals surface area (Å²) in [6.45, 7) is 65.0. The smallest absolute Gasteiger partial charge is 0.0277 e. The Bertz CT molecular complexity index is 3160. The van der Waals surface area contributed by atoms with Crippen molar-refractivity contribution < 1.29 is 0 Å². The van der Waals surface area contributed by atoms with E-state index in [0.717, 1.165) is 11.1 Å². The Kier molecular flexibility index (Phi) is 60.8. The Labute approximate surface area is 594 Å². The number of hydrogen-bond donors (Lipinski definition) is 0. The van der Waals surface area contributed by atoms with E-state index in [4.69, 9.17) is 0 Å². The van der Waals surface area contributed by atoms with Crippen molar-refractivity contribution in [3.63, 3.8) is 0 Å². The van der Waals surface area contributed by atoms with Gasteiger partial charge in [0.05, 0.1) is 0 Å². The standard InChI is InChI=1S/C14H20.C14H18.C12H16.C12H14.C8H10.C6H8S.C6H6.C5H6S.C4H4S.5C2H6/c2*1-11-6-7-12(2)13(10-11)8-9-14(3,4)5;2*1-12(2,3)10-9-11-7-5-4-6-8-11;1-7-3-5-8(2)6-4-7;1-5-3-7-4-6(5)2;1-2-4-6-5-3-1;1-5-2-3-6-4-5;1-2-4-5-3-1;5*1-2/h6-10H,1-5H3;6-7,10H,1-5H3;4-10H,1-3H3;4-8H,1-3H3;3-6H,1-2H3;3-4H,1-2H3;1-6H;2-4H,1H3;1-4H;5*1-2H3/b9-8+;;10-9+;;;;;;;;;;;. The number of rotatable bonds is 2. The minimum absolute atomic E-state index is 0.0795. The summed E-state index contributed by atoms with van der Waals surface area (Å²) in [5.74, 6) is 12.8. The maximum absolute atomic E-state index is 3.26. The fraction of sp³-hybridized carbons (Fsp3) is 0.385. The van der Waals surface area contributed by atoms with Crippen molar-refractivity contribution in [2.75, 3.05) is 0 Å². The van der Waals surface area contributed by atoms with Gasteiger partial charge in [0.15, 0.2) is 0 Å². The van der Waals surface area contributed by atoms with Crippen molar-refractivity contribution in [3.05, 3.63) is 293 Å². The molecular weight excluding hydrogens is 1190 g/mol. The Hall–Kier alpha value is -6.98. The number of allylic oxidation sites excluding steroid dienone is 2. The molecule has 0 aliphatic carbocycles. The number of aryl methyl sites for hydroxylation is 9. The minimum Gasteiger partial charge on any atom is -0.152 e. The van der Waals surface area contributed by atoms with E-state index in [9.17, 15) is 0 Å². The van der Waals surface area contributed by atoms with E-state index in [1.54, 1.807) is 34.0 Å². The topological polar surface area (TPSA) is 0 Å². The van der Waals surface area contributed by atoms with Gasteiger partial charge in [-0.3, -0.25) is 0 Å². The predicted molar refractivity (Wildman–Crippen MR) is 441 cm³/mol. The quantitative estimate of drug-likeness (QED) is 0.151. The third kappa shape index (κ3) is 63.8. The maximum atomic E-state index is 3.26. The van der Waals surface area contributed by atoms with Crippen LogP contribution >= 0.6 is 34.0 Å². The molecule has 0 amide bonds. The van der Waals surface area contributed by atoms with Gasteiger partial charge in [-0.2, -0.15) is 34.0 Å². The molecular formula is C91H132S3. The van der Waals surface area contributed by atoms with Crippen molar-refractivity contribution >= 4 is 46.2 Å². The highest BCUT2D eigenvalue weighted by atomic mass is 32.1. The summed E-state index contributed by atoms with van der Waals surface area (Å²) < 4.78 is 0. The lowest BCUT2D eigenvalue weighted by atomic mass is 9.94. The van der Waals surface area contributed by atoms with Crippen LogP contribution in [0.25, 0.3) is 12.2 Å². The third-order valence-corrected chi connectivity index (χ3v) is 13.6. The fourth-order valence-corrected chi connectivity index (χ4v) is 8.07. The summed E-state index contributed by atoms with van der Waals surface area (Å²) in [5, 5.41) is 12.6. The first-order valence-electron chi connectivity index (χ1n) is 34.1. The maximum Gasteiger partial charge on any atom is 0.0277 e. The molecule has 0 N–H and O–H groups in total. The molecule has 0 fully saturated rings. The second-order valence-corrected chi connectivity index (χ2v) is 27.3. The molecule has 514 valence electrons. The molecule has 3 heterocycles. The van der Waals surface area contributed by atoms with Crippen LogP contribution in [0.3, 0.4) is 0 Å². The van der Waals surface area contributed by atoms with Crippen LogP contribution in [0, 0.1) is 108 Å². The molecule has 94 heavy (non-hydrogen) atoms. The van der Waals surface area contributed by atoms with Gasteiger partial charge in [0, 0.05) is 22.0 Å². The van der Waals surface area contributed by atoms with Crippen LogP contribution in [0.4, 0.5) is 0 Å². The number of hydrogen-bond acceptors (Lipinski definition) is 3. The molecule has 0 unspecified atom stereocenters. The van der Waals surface area contributed by atoms with E-state index in [2.05, 4.69) is 306 Å². The van der Waals surface area contributed by atoms with Gasteiger partial charge in [0.2, 0.25) is 0 Å². The van der Waals surface area contributed by atoms with Crippen LogP contribution in [0.1, 0.15) is 225 Å². The van der Waals surface area contributed by atoms with Crippen LogP contribution < -0.4 is 0 Å². The molecule has 0 nitrogen and oxygen atoms in total. The van der Waals surface area contributed by atoms with E-state index >= 15 is 0 Å². The van der Waals surface area contributed by atoms with Gasteiger partial charge in [-0.05, 0) is 216 Å². The Morgan fingerprint density at radius 1 is 0.298 bits per heavy atom. The van der Waals surface area contributed by atoms with E-state index < -0.39 is 0 Å². The predicted octanol–water partition coefficient (Wildman–Crippen LogP) is 30.2. The van der Waals surface area contributed by atoms with E-state index in [1.165, 1.54) is 61.2 Å². The molecule has 3 heteroatoms. The summed E-state index contributed by atoms with van der Waals surface area (Å²) in [6.07, 6.45) is 8.87. The summed E-state index contributed by atoms with van der Waals surface area (Å²) >= 11 is 5.22. The second kappa shape index (κ2) is 59.7. The zero-order chi connectivity index (χ0) is 73.0. The van der Waals surface area contributed by atoms with Crippen molar-refractivity contribution in [3.8, 4) is 23.7 Å². The van der Waals surface area contributed by atoms with Gasteiger partial charge >= 0.3 is 0 Å². The molecule has 9 aromatic rings. The van der Waals surface area contributed by atoms with Gasteiger partial charge in [-0.1, -0.05) is 327 Å². The van der Waals surface area contributed by atoms with Crippen molar-refractivity contribution in [1.29, 1.82) is 0 Å². The minimum atomic E-state index is 0.0795. The van der Waals surface area contributed by atoms with Gasteiger partial charge in [0.1, 0.15) is 0 Å². The Morgan fingerprint density at radius 2 is 0.670 bits per heavy atom. The molecule has 0 saturated heterocycles. The SMILES string of the molecule is CC.CC.CC.CC.CC.CC(C)(C)/C=C/c1ccccc1.CC(C)(C)C#Cc1ccccc1.Cc1ccc(C)c(/C=C/C(C)(C)C)c1.Cc1ccc(C)c(C#CC(C)(C)C)c1.Cc1ccc(C)cc1.Cc1ccsc1.Cc1cscc1C.c1ccccc1.c1ccsc1. The molecule has 0 spiro atoms. The van der Waals surface area contributed by atoms with Gasteiger partial charge < -0.3 is 0 Å². The van der Waals surface area contributed by atoms with Crippen LogP contribution in [0.15, 0.2) is 220 Å². The third-order valence-electron chi connectivity index (χ3n) is 11.2. The molecule has 0 bridgehead atoms. The van der Waals surface area contributed by atoms with E-state index in [1.807, 2.05) is 165 Å². The lowest BCUT2D eigenvalue weighted by Crippen LogP contribution is -1.99. The van der Waals surface area contributed by atoms with Crippen molar-refractivity contribution in [2.45, 2.75) is 215 Å². The van der Waals surface area contributed by atoms with Crippen molar-refractivity contribution in [1.82, 2.24) is 0 Å². The van der Waals surface area contributed by atoms with Crippen LogP contribution in [0.2, 0.25) is 0 Å². The average molecular weight is 1320 g/mol. The average Bonchev–Trinajstić information content (AvgIpc) is 1.79. The normalized spacial score (nSPS) is 9.61. The van der Waals surface area contributed by atoms with Gasteiger partial charge in [-0.15, -0.1) is 0 Å². The number of thiophene rings is 3. The zero-order valence-corrected chi connectivity index (χ0v) is 67.7. The molecule has 0 radical (unpaired) electrons. The van der Waals surface area contributed by atoms with Gasteiger partial charge in [0.25, 0.3) is 0 Å². The van der Waals surface area contributed by atoms with Crippen LogP contribution in [-0.4, -0.2) is 0 Å². The Morgan fingerprint density at radius 3 is 1.01 bits per heavy atom. The summed E-state index contributed by atoms with van der Waals surface area (Å²) in [4.78, 5) is 0. The highest BCUT2D eigenvalue weighted by Gasteiger charge is 2.06. The monoisotopic (exact) mass is 1320 g/mol. The first-order valence-corrected chi connectivity index (χ1v) is 36.9. The Balaban J connectivity index is -0.000000315. The highest BCUT2D eigenvalue weighted by molar-refractivity contribution is 7.08. The largest absolute Gasteiger partial charge is 0.152 e. The van der Waals surface area contributed by atoms with Crippen molar-refractivity contribution in [2.24, 2.45) is 21.7 Å². The van der Waals surface area contributed by atoms with Crippen LogP contribution in [0.5, 0.6) is 0 Å². The highest BCUT2D eigenvalue weighted by Crippen LogP contribution is 2.20. The zero-order valence-electron chi connectivity index (χ0n) is 65.2. The molecule has 0 aliphatic rings. The lowest BCUT2D eigenvalue weighted by Gasteiger charge is -2.11. The lowest BCUT2D eigenvalue weighted by molar-refractivity contribution is 0.547. The second-order valence-electron chi connectivity index (χ2n) is 25.0. The summed E-state index contributed by atoms with van der Waals surface area (Å²) in [5.41, 5.74) is 17.6. The summed E-state index contributed by atoms with van der Waals surface area (Å²) in [6, 6.07) is 60.0.